The highest BCUT2D eigenvalue weighted by atomic mass is 32.2. The lowest BCUT2D eigenvalue weighted by Gasteiger charge is -2.25. The van der Waals surface area contributed by atoms with Gasteiger partial charge in [0.1, 0.15) is 0 Å². The van der Waals surface area contributed by atoms with Crippen LogP contribution in [0.5, 0.6) is 0 Å². The van der Waals surface area contributed by atoms with Crippen LogP contribution in [0.3, 0.4) is 0 Å². The zero-order valence-corrected chi connectivity index (χ0v) is 12.8. The van der Waals surface area contributed by atoms with E-state index in [0.29, 0.717) is 0 Å². The summed E-state index contributed by atoms with van der Waals surface area (Å²) >= 11 is -2.46. The maximum Gasteiger partial charge on any atom is 0.0842 e. The summed E-state index contributed by atoms with van der Waals surface area (Å²) in [5, 5.41) is 2.45. The molecule has 2 aromatic rings. The Balaban J connectivity index is 2.27. The van der Waals surface area contributed by atoms with Gasteiger partial charge < -0.3 is 8.74 Å². The molecular formula is C15H16O3PS-. The summed E-state index contributed by atoms with van der Waals surface area (Å²) in [6, 6.07) is 20.3. The summed E-state index contributed by atoms with van der Waals surface area (Å²) in [5.41, 5.74) is 0.118. The van der Waals surface area contributed by atoms with Gasteiger partial charge in [-0.1, -0.05) is 67.6 Å². The predicted octanol–water partition coefficient (Wildman–Crippen LogP) is 2.32. The first kappa shape index (κ1) is 15.3. The van der Waals surface area contributed by atoms with Crippen molar-refractivity contribution in [3.05, 3.63) is 60.7 Å². The number of rotatable bonds is 6. The van der Waals surface area contributed by atoms with Crippen molar-refractivity contribution in [1.29, 1.82) is 0 Å². The van der Waals surface area contributed by atoms with Gasteiger partial charge in [-0.05, 0) is 18.5 Å². The molecule has 0 aliphatic heterocycles. The minimum Gasteiger partial charge on any atom is -0.750 e. The van der Waals surface area contributed by atoms with Gasteiger partial charge in [0.15, 0.2) is 0 Å². The topological polar surface area (TPSA) is 49.4 Å². The van der Waals surface area contributed by atoms with Crippen LogP contribution in [-0.2, 0) is 15.5 Å². The molecule has 0 aliphatic carbocycles. The predicted molar refractivity (Wildman–Crippen MR) is 83.4 cm³/mol. The van der Waals surface area contributed by atoms with E-state index in [1.54, 1.807) is 0 Å². The average molecular weight is 307 g/mol. The fraction of sp³-hybridized carbons (Fsp3) is 0.200. The minimum atomic E-state index is -2.46. The quantitative estimate of drug-likeness (QED) is 0.608. The molecule has 2 atom stereocenters. The molecule has 2 aromatic carbocycles. The van der Waals surface area contributed by atoms with E-state index in [4.69, 9.17) is 4.18 Å². The third-order valence-corrected chi connectivity index (χ3v) is 5.98. The van der Waals surface area contributed by atoms with E-state index in [1.165, 1.54) is 10.6 Å². The maximum absolute atomic E-state index is 10.6. The van der Waals surface area contributed by atoms with Gasteiger partial charge >= 0.3 is 0 Å². The van der Waals surface area contributed by atoms with Crippen LogP contribution in [0.15, 0.2) is 60.7 Å². The van der Waals surface area contributed by atoms with Crippen molar-refractivity contribution in [2.75, 3.05) is 6.61 Å². The highest BCUT2D eigenvalue weighted by molar-refractivity contribution is 7.74. The molecule has 5 heteroatoms. The summed E-state index contributed by atoms with van der Waals surface area (Å²) in [7, 11) is -0.641. The van der Waals surface area contributed by atoms with E-state index < -0.39 is 19.3 Å². The van der Waals surface area contributed by atoms with Gasteiger partial charge in [-0.15, -0.1) is 0 Å². The Hall–Kier alpha value is -1.06. The molecule has 0 amide bonds. The van der Waals surface area contributed by atoms with E-state index in [9.17, 15) is 8.76 Å². The zero-order valence-electron chi connectivity index (χ0n) is 11.1. The summed E-state index contributed by atoms with van der Waals surface area (Å²) in [5.74, 6) is 0. The van der Waals surface area contributed by atoms with Crippen molar-refractivity contribution in [1.82, 2.24) is 0 Å². The smallest absolute Gasteiger partial charge is 0.0842 e. The van der Waals surface area contributed by atoms with Crippen LogP contribution >= 0.6 is 7.92 Å². The van der Waals surface area contributed by atoms with Crippen LogP contribution in [-0.4, -0.2) is 21.0 Å². The largest absolute Gasteiger partial charge is 0.750 e. The lowest BCUT2D eigenvalue weighted by molar-refractivity contribution is 0.303. The van der Waals surface area contributed by atoms with Crippen LogP contribution in [0.25, 0.3) is 0 Å². The monoisotopic (exact) mass is 307 g/mol. The fourth-order valence-corrected chi connectivity index (χ4v) is 5.01. The lowest BCUT2D eigenvalue weighted by Crippen LogP contribution is -2.23. The van der Waals surface area contributed by atoms with Gasteiger partial charge in [0.2, 0.25) is 0 Å². The average Bonchev–Trinajstić information content (AvgIpc) is 2.48. The van der Waals surface area contributed by atoms with E-state index >= 15 is 0 Å². The molecule has 0 saturated carbocycles. The van der Waals surface area contributed by atoms with Crippen LogP contribution in [0.4, 0.5) is 0 Å². The van der Waals surface area contributed by atoms with Crippen LogP contribution < -0.4 is 10.6 Å². The summed E-state index contributed by atoms with van der Waals surface area (Å²) in [6.45, 7) is 2.23. The van der Waals surface area contributed by atoms with Gasteiger partial charge in [0.25, 0.3) is 0 Å². The third-order valence-electron chi connectivity index (χ3n) is 2.91. The lowest BCUT2D eigenvalue weighted by atomic mass is 10.4. The fourth-order valence-electron chi connectivity index (χ4n) is 2.06. The molecule has 20 heavy (non-hydrogen) atoms. The SMILES string of the molecule is CC(COS(=O)[O-])P(c1ccccc1)c1ccccc1. The Labute approximate surface area is 123 Å². The molecule has 0 fully saturated rings. The summed E-state index contributed by atoms with van der Waals surface area (Å²) in [6.07, 6.45) is 0. The molecule has 2 unspecified atom stereocenters. The molecular weight excluding hydrogens is 291 g/mol. The Kier molecular flexibility index (Phi) is 5.86. The second kappa shape index (κ2) is 7.65. The van der Waals surface area contributed by atoms with Crippen LogP contribution in [0.2, 0.25) is 0 Å². The van der Waals surface area contributed by atoms with Gasteiger partial charge in [-0.25, -0.2) is 4.21 Å². The van der Waals surface area contributed by atoms with Crippen molar-refractivity contribution in [3.63, 3.8) is 0 Å². The van der Waals surface area contributed by atoms with Gasteiger partial charge in [-0.2, -0.15) is 0 Å². The second-order valence-corrected chi connectivity index (χ2v) is 7.68. The molecule has 0 aliphatic rings. The molecule has 0 aromatic heterocycles. The Morgan fingerprint density at radius 2 is 1.50 bits per heavy atom. The second-order valence-electron chi connectivity index (χ2n) is 4.38. The number of hydrogen-bond donors (Lipinski definition) is 0. The minimum absolute atomic E-state index is 0.118. The van der Waals surface area contributed by atoms with Gasteiger partial charge in [-0.3, -0.25) is 0 Å². The van der Waals surface area contributed by atoms with E-state index in [-0.39, 0.29) is 12.3 Å². The normalized spacial score (nSPS) is 14.2. The van der Waals surface area contributed by atoms with Crippen molar-refractivity contribution in [3.8, 4) is 0 Å². The van der Waals surface area contributed by atoms with Crippen molar-refractivity contribution < 1.29 is 12.9 Å². The third kappa shape index (κ3) is 4.22. The van der Waals surface area contributed by atoms with Crippen molar-refractivity contribution in [2.24, 2.45) is 0 Å². The first-order valence-corrected chi connectivity index (χ1v) is 8.71. The Bertz CT molecular complexity index is 508. The molecule has 0 saturated heterocycles. The van der Waals surface area contributed by atoms with Gasteiger partial charge in [0, 0.05) is 5.66 Å². The number of benzene rings is 2. The van der Waals surface area contributed by atoms with Crippen molar-refractivity contribution in [2.45, 2.75) is 12.6 Å². The molecule has 0 N–H and O–H groups in total. The van der Waals surface area contributed by atoms with E-state index in [1.807, 2.05) is 43.3 Å². The zero-order chi connectivity index (χ0) is 14.4. The van der Waals surface area contributed by atoms with Gasteiger partial charge in [0.05, 0.1) is 18.0 Å². The molecule has 106 valence electrons. The van der Waals surface area contributed by atoms with Crippen molar-refractivity contribution >= 4 is 29.9 Å². The van der Waals surface area contributed by atoms with E-state index in [2.05, 4.69) is 24.3 Å². The highest BCUT2D eigenvalue weighted by Crippen LogP contribution is 2.39. The molecule has 0 radical (unpaired) electrons. The standard InChI is InChI=1S/C15H17O3PS/c1-13(12-18-20(16)17)19(14-8-4-2-5-9-14)15-10-6-3-7-11-15/h2-11,13H,12H2,1H3,(H,16,17)/p-1. The molecule has 0 spiro atoms. The van der Waals surface area contributed by atoms with Crippen LogP contribution in [0.1, 0.15) is 6.92 Å². The first-order valence-electron chi connectivity index (χ1n) is 6.30. The van der Waals surface area contributed by atoms with Crippen LogP contribution in [0, 0.1) is 0 Å². The molecule has 0 heterocycles. The van der Waals surface area contributed by atoms with E-state index in [0.717, 1.165) is 0 Å². The number of hydrogen-bond acceptors (Lipinski definition) is 3. The molecule has 2 rings (SSSR count). The summed E-state index contributed by atoms with van der Waals surface area (Å²) in [4.78, 5) is 0. The Morgan fingerprint density at radius 3 is 1.90 bits per heavy atom. The Morgan fingerprint density at radius 1 is 1.05 bits per heavy atom. The highest BCUT2D eigenvalue weighted by Gasteiger charge is 2.21. The maximum atomic E-state index is 10.6. The molecule has 3 nitrogen and oxygen atoms in total. The molecule has 0 bridgehead atoms. The summed E-state index contributed by atoms with van der Waals surface area (Å²) < 4.78 is 25.9. The first-order chi connectivity index (χ1) is 9.68.